The number of hydrogen-bond acceptors (Lipinski definition) is 4. The molecule has 0 aliphatic carbocycles. The van der Waals surface area contributed by atoms with Crippen LogP contribution in [0.25, 0.3) is 0 Å². The van der Waals surface area contributed by atoms with E-state index < -0.39 is 0 Å². The highest BCUT2D eigenvalue weighted by atomic mass is 16.1. The van der Waals surface area contributed by atoms with Gasteiger partial charge in [-0.15, -0.1) is 0 Å². The van der Waals surface area contributed by atoms with Crippen LogP contribution in [0.3, 0.4) is 0 Å². The highest BCUT2D eigenvalue weighted by Gasteiger charge is 2.05. The van der Waals surface area contributed by atoms with Crippen LogP contribution in [0.4, 0.5) is 0 Å². The molecule has 0 aromatic rings. The Bertz CT molecular complexity index is 183. The van der Waals surface area contributed by atoms with E-state index in [1.54, 1.807) is 0 Å². The molecule has 0 atom stereocenters. The molecule has 1 aliphatic heterocycles. The van der Waals surface area contributed by atoms with Crippen molar-refractivity contribution in [3.8, 4) is 0 Å². The van der Waals surface area contributed by atoms with E-state index in [0.717, 1.165) is 0 Å². The van der Waals surface area contributed by atoms with Gasteiger partial charge in [0, 0.05) is 6.20 Å². The highest BCUT2D eigenvalue weighted by molar-refractivity contribution is 6.07. The maximum Gasteiger partial charge on any atom is 0.164 e. The lowest BCUT2D eigenvalue weighted by Gasteiger charge is -2.03. The summed E-state index contributed by atoms with van der Waals surface area (Å²) in [5, 5.41) is 0. The van der Waals surface area contributed by atoms with E-state index >= 15 is 0 Å². The van der Waals surface area contributed by atoms with Crippen LogP contribution >= 0.6 is 0 Å². The minimum atomic E-state index is 0.0259. The number of carbonyl (C=O) groups excluding carboxylic acids is 1. The minimum Gasteiger partial charge on any atom is -0.312 e. The summed E-state index contributed by atoms with van der Waals surface area (Å²) in [5.41, 5.74) is 2.31. The van der Waals surface area contributed by atoms with Crippen LogP contribution in [0, 0.1) is 0 Å². The fourth-order valence-electron chi connectivity index (χ4n) is 0.568. The smallest absolute Gasteiger partial charge is 0.164 e. The second kappa shape index (κ2) is 2.41. The Morgan fingerprint density at radius 1 is 1.78 bits per heavy atom. The van der Waals surface area contributed by atoms with Gasteiger partial charge in [-0.05, 0) is 6.08 Å². The number of nitrogens with zero attached hydrogens (tertiary/aromatic N) is 1. The fourth-order valence-corrected chi connectivity index (χ4v) is 0.568. The molecule has 0 spiro atoms. The summed E-state index contributed by atoms with van der Waals surface area (Å²) >= 11 is 0. The van der Waals surface area contributed by atoms with Gasteiger partial charge in [0.1, 0.15) is 5.84 Å². The lowest BCUT2D eigenvalue weighted by molar-refractivity contribution is -0.113. The average molecular weight is 125 g/mol. The molecule has 4 nitrogen and oxygen atoms in total. The number of hydrazine groups is 1. The van der Waals surface area contributed by atoms with Gasteiger partial charge >= 0.3 is 0 Å². The van der Waals surface area contributed by atoms with Crippen molar-refractivity contribution in [2.75, 3.05) is 0 Å². The first kappa shape index (κ1) is 5.97. The average Bonchev–Trinajstić information content (AvgIpc) is 1.88. The summed E-state index contributed by atoms with van der Waals surface area (Å²) in [6, 6.07) is 0. The quantitative estimate of drug-likeness (QED) is 0.333. The van der Waals surface area contributed by atoms with Gasteiger partial charge in [0.25, 0.3) is 0 Å². The number of aliphatic imine (C=N–C) groups is 1. The zero-order valence-electron chi connectivity index (χ0n) is 4.79. The summed E-state index contributed by atoms with van der Waals surface area (Å²) in [7, 11) is 0. The van der Waals surface area contributed by atoms with Gasteiger partial charge < -0.3 is 5.43 Å². The second-order valence-corrected chi connectivity index (χ2v) is 1.68. The van der Waals surface area contributed by atoms with E-state index in [0.29, 0.717) is 5.84 Å². The molecule has 48 valence electrons. The summed E-state index contributed by atoms with van der Waals surface area (Å²) in [4.78, 5) is 14.3. The Morgan fingerprint density at radius 3 is 3.00 bits per heavy atom. The van der Waals surface area contributed by atoms with Crippen molar-refractivity contribution < 1.29 is 4.79 Å². The van der Waals surface area contributed by atoms with Crippen LogP contribution in [0.1, 0.15) is 6.42 Å². The molecule has 0 unspecified atom stereocenters. The number of carbonyl (C=O) groups is 1. The van der Waals surface area contributed by atoms with E-state index in [1.165, 1.54) is 12.3 Å². The molecule has 0 fully saturated rings. The van der Waals surface area contributed by atoms with Crippen molar-refractivity contribution in [3.05, 3.63) is 12.3 Å². The summed E-state index contributed by atoms with van der Waals surface area (Å²) in [6.45, 7) is 0. The molecular formula is C5H7N3O. The van der Waals surface area contributed by atoms with Crippen molar-refractivity contribution in [1.82, 2.24) is 5.43 Å². The predicted octanol–water partition coefficient (Wildman–Crippen LogP) is -0.665. The lowest BCUT2D eigenvalue weighted by atomic mass is 10.2. The van der Waals surface area contributed by atoms with Gasteiger partial charge in [-0.3, -0.25) is 4.79 Å². The molecule has 1 aliphatic rings. The van der Waals surface area contributed by atoms with Crippen LogP contribution in [0.15, 0.2) is 17.3 Å². The van der Waals surface area contributed by atoms with Gasteiger partial charge in [-0.1, -0.05) is 0 Å². The summed E-state index contributed by atoms with van der Waals surface area (Å²) in [6.07, 6.45) is 3.13. The molecule has 0 bridgehead atoms. The van der Waals surface area contributed by atoms with Crippen molar-refractivity contribution in [2.45, 2.75) is 6.42 Å². The Hall–Kier alpha value is -1.16. The number of rotatable bonds is 0. The summed E-state index contributed by atoms with van der Waals surface area (Å²) in [5.74, 6) is 5.54. The van der Waals surface area contributed by atoms with Crippen molar-refractivity contribution in [2.24, 2.45) is 10.8 Å². The number of hydrogen-bond donors (Lipinski definition) is 2. The first-order valence-electron chi connectivity index (χ1n) is 2.55. The number of nitrogens with one attached hydrogen (secondary N) is 1. The predicted molar refractivity (Wildman–Crippen MR) is 33.5 cm³/mol. The zero-order valence-corrected chi connectivity index (χ0v) is 4.79. The third-order valence-corrected chi connectivity index (χ3v) is 0.999. The van der Waals surface area contributed by atoms with Gasteiger partial charge in [0.05, 0.1) is 6.42 Å². The second-order valence-electron chi connectivity index (χ2n) is 1.68. The molecule has 0 radical (unpaired) electrons. The highest BCUT2D eigenvalue weighted by Crippen LogP contribution is 1.94. The zero-order chi connectivity index (χ0) is 6.69. The standard InChI is InChI=1S/C5H7N3O/c6-8-5-3-4(9)1-2-7-5/h1-2H,3,6H2,(H,7,8). The molecule has 3 N–H and O–H groups in total. The molecule has 0 aromatic carbocycles. The molecule has 0 aromatic heterocycles. The van der Waals surface area contributed by atoms with E-state index in [4.69, 9.17) is 5.84 Å². The molecule has 1 rings (SSSR count). The van der Waals surface area contributed by atoms with Gasteiger partial charge in [0.15, 0.2) is 5.78 Å². The largest absolute Gasteiger partial charge is 0.312 e. The first-order chi connectivity index (χ1) is 4.33. The molecule has 0 saturated carbocycles. The Kier molecular flexibility index (Phi) is 1.60. The maximum absolute atomic E-state index is 10.6. The van der Waals surface area contributed by atoms with Crippen molar-refractivity contribution in [3.63, 3.8) is 0 Å². The van der Waals surface area contributed by atoms with Crippen molar-refractivity contribution in [1.29, 1.82) is 0 Å². The van der Waals surface area contributed by atoms with E-state index in [1.807, 2.05) is 0 Å². The number of nitrogens with two attached hydrogens (primary N) is 1. The van der Waals surface area contributed by atoms with Crippen LogP contribution in [0.2, 0.25) is 0 Å². The Balaban J connectivity index is 2.65. The Labute approximate surface area is 52.4 Å². The third-order valence-electron chi connectivity index (χ3n) is 0.999. The Morgan fingerprint density at radius 2 is 2.56 bits per heavy atom. The number of ketones is 1. The topological polar surface area (TPSA) is 67.5 Å². The fraction of sp³-hybridized carbons (Fsp3) is 0.200. The summed E-state index contributed by atoms with van der Waals surface area (Å²) < 4.78 is 0. The van der Waals surface area contributed by atoms with Crippen LogP contribution in [-0.2, 0) is 4.79 Å². The van der Waals surface area contributed by atoms with E-state index in [9.17, 15) is 4.79 Å². The first-order valence-corrected chi connectivity index (χ1v) is 2.55. The molecule has 1 heterocycles. The van der Waals surface area contributed by atoms with Gasteiger partial charge in [-0.25, -0.2) is 10.8 Å². The van der Waals surface area contributed by atoms with Crippen molar-refractivity contribution >= 4 is 11.6 Å². The van der Waals surface area contributed by atoms with Crippen LogP contribution in [0.5, 0.6) is 0 Å². The molecular weight excluding hydrogens is 118 g/mol. The number of amidine groups is 1. The number of allylic oxidation sites excluding steroid dienone is 1. The monoisotopic (exact) mass is 125 g/mol. The molecule has 4 heteroatoms. The SMILES string of the molecule is NNC1=NC=CC(=O)C1. The normalized spacial score (nSPS) is 17.4. The molecule has 0 saturated heterocycles. The lowest BCUT2D eigenvalue weighted by Crippen LogP contribution is -2.32. The minimum absolute atomic E-state index is 0.0259. The van der Waals surface area contributed by atoms with Crippen LogP contribution in [-0.4, -0.2) is 11.6 Å². The van der Waals surface area contributed by atoms with E-state index in [2.05, 4.69) is 10.4 Å². The van der Waals surface area contributed by atoms with Gasteiger partial charge in [0.2, 0.25) is 0 Å². The van der Waals surface area contributed by atoms with Gasteiger partial charge in [-0.2, -0.15) is 0 Å². The molecule has 0 amide bonds. The maximum atomic E-state index is 10.6. The third kappa shape index (κ3) is 1.36. The van der Waals surface area contributed by atoms with Crippen LogP contribution < -0.4 is 11.3 Å². The van der Waals surface area contributed by atoms with E-state index in [-0.39, 0.29) is 12.2 Å². The molecule has 9 heavy (non-hydrogen) atoms.